The largest absolute Gasteiger partial charge is 0.497 e. The summed E-state index contributed by atoms with van der Waals surface area (Å²) in [6.07, 6.45) is 0.949. The van der Waals surface area contributed by atoms with Crippen LogP contribution in [0.1, 0.15) is 49.8 Å². The van der Waals surface area contributed by atoms with Crippen LogP contribution in [0.2, 0.25) is 0 Å². The smallest absolute Gasteiger partial charge is 0.278 e. The lowest BCUT2D eigenvalue weighted by Gasteiger charge is -2.43. The van der Waals surface area contributed by atoms with Crippen molar-refractivity contribution in [2.45, 2.75) is 45.6 Å². The molecule has 0 bridgehead atoms. The number of carbonyl (C=O) groups excluding carboxylic acids is 1. The van der Waals surface area contributed by atoms with E-state index in [2.05, 4.69) is 39.8 Å². The Morgan fingerprint density at radius 1 is 1.19 bits per heavy atom. The van der Waals surface area contributed by atoms with Crippen LogP contribution >= 0.6 is 0 Å². The maximum atomic E-state index is 13.3. The summed E-state index contributed by atoms with van der Waals surface area (Å²) in [5.74, 6) is 1.20. The fourth-order valence-electron chi connectivity index (χ4n) is 4.36. The Hall–Kier alpha value is -2.62. The van der Waals surface area contributed by atoms with Crippen LogP contribution in [0.3, 0.4) is 0 Å². The first kappa shape index (κ1) is 16.8. The zero-order chi connectivity index (χ0) is 18.6. The van der Waals surface area contributed by atoms with Gasteiger partial charge in [0.05, 0.1) is 18.5 Å². The van der Waals surface area contributed by atoms with Gasteiger partial charge < -0.3 is 9.64 Å². The van der Waals surface area contributed by atoms with Crippen LogP contribution in [-0.4, -0.2) is 24.3 Å². The summed E-state index contributed by atoms with van der Waals surface area (Å²) in [6, 6.07) is 11.8. The fourth-order valence-corrected chi connectivity index (χ4v) is 4.36. The molecule has 0 fully saturated rings. The lowest BCUT2D eigenvalue weighted by molar-refractivity contribution is -0.113. The first-order valence-electron chi connectivity index (χ1n) is 9.04. The Morgan fingerprint density at radius 3 is 2.54 bits per heavy atom. The topological polar surface area (TPSA) is 41.9 Å². The molecular formula is C22H24N2O2. The first-order chi connectivity index (χ1) is 12.3. The summed E-state index contributed by atoms with van der Waals surface area (Å²) in [4.78, 5) is 20.0. The average Bonchev–Trinajstić information content (AvgIpc) is 2.86. The Kier molecular flexibility index (Phi) is 3.69. The molecule has 2 aliphatic heterocycles. The molecule has 2 heterocycles. The van der Waals surface area contributed by atoms with Crippen LogP contribution in [-0.2, 0) is 4.79 Å². The molecule has 0 saturated carbocycles. The lowest BCUT2D eigenvalue weighted by atomic mass is 9.80. The summed E-state index contributed by atoms with van der Waals surface area (Å²) in [6.45, 7) is 8.62. The third-order valence-electron chi connectivity index (χ3n) is 5.42. The van der Waals surface area contributed by atoms with Gasteiger partial charge in [-0.15, -0.1) is 0 Å². The van der Waals surface area contributed by atoms with Gasteiger partial charge in [-0.25, -0.2) is 4.99 Å². The lowest BCUT2D eigenvalue weighted by Crippen LogP contribution is -2.50. The van der Waals surface area contributed by atoms with Gasteiger partial charge in [-0.1, -0.05) is 18.6 Å². The molecule has 4 heteroatoms. The predicted molar refractivity (Wildman–Crippen MR) is 105 cm³/mol. The number of ether oxygens (including phenoxy) is 1. The third kappa shape index (κ3) is 2.44. The van der Waals surface area contributed by atoms with E-state index >= 15 is 0 Å². The Labute approximate surface area is 154 Å². The highest BCUT2D eigenvalue weighted by Gasteiger charge is 2.47. The van der Waals surface area contributed by atoms with Gasteiger partial charge in [0.1, 0.15) is 11.5 Å². The molecule has 1 atom stereocenters. The molecule has 2 aliphatic rings. The maximum Gasteiger partial charge on any atom is 0.278 e. The van der Waals surface area contributed by atoms with E-state index < -0.39 is 0 Å². The standard InChI is InChI=1S/C22H24N2O2/c1-13-10-17-14(2)12-22(3,4)24-20(17)18(11-13)19(21(24)25)23-15-6-8-16(26-5)9-7-15/h6-11,14H,12H2,1-5H3/t14-/m0/s1. The summed E-state index contributed by atoms with van der Waals surface area (Å²) < 4.78 is 5.21. The zero-order valence-corrected chi connectivity index (χ0v) is 16.0. The van der Waals surface area contributed by atoms with Gasteiger partial charge in [0, 0.05) is 11.1 Å². The summed E-state index contributed by atoms with van der Waals surface area (Å²) in [7, 11) is 1.64. The number of nitrogens with zero attached hydrogens (tertiary/aromatic N) is 2. The third-order valence-corrected chi connectivity index (χ3v) is 5.42. The van der Waals surface area contributed by atoms with E-state index in [0.717, 1.165) is 29.1 Å². The molecule has 26 heavy (non-hydrogen) atoms. The van der Waals surface area contributed by atoms with Crippen LogP contribution in [0.15, 0.2) is 41.4 Å². The van der Waals surface area contributed by atoms with Gasteiger partial charge in [0.2, 0.25) is 0 Å². The van der Waals surface area contributed by atoms with Gasteiger partial charge in [0.25, 0.3) is 5.91 Å². The number of anilines is 1. The minimum Gasteiger partial charge on any atom is -0.497 e. The molecule has 0 N–H and O–H groups in total. The van der Waals surface area contributed by atoms with Crippen LogP contribution < -0.4 is 9.64 Å². The highest BCUT2D eigenvalue weighted by Crippen LogP contribution is 2.49. The molecule has 0 spiro atoms. The first-order valence-corrected chi connectivity index (χ1v) is 9.04. The van der Waals surface area contributed by atoms with Crippen molar-refractivity contribution in [2.24, 2.45) is 4.99 Å². The Balaban J connectivity index is 1.91. The van der Waals surface area contributed by atoms with Crippen LogP contribution in [0.4, 0.5) is 11.4 Å². The van der Waals surface area contributed by atoms with Crippen LogP contribution in [0, 0.1) is 6.92 Å². The number of aryl methyl sites for hydroxylation is 1. The minimum atomic E-state index is -0.218. The van der Waals surface area contributed by atoms with Crippen molar-refractivity contribution in [3.05, 3.63) is 53.1 Å². The normalized spacial score (nSPS) is 21.9. The molecule has 0 aliphatic carbocycles. The summed E-state index contributed by atoms with van der Waals surface area (Å²) in [5, 5.41) is 0. The number of amides is 1. The number of hydrogen-bond donors (Lipinski definition) is 0. The molecule has 4 rings (SSSR count). The molecule has 2 aromatic rings. The van der Waals surface area contributed by atoms with Gasteiger partial charge in [-0.2, -0.15) is 0 Å². The maximum absolute atomic E-state index is 13.3. The Bertz CT molecular complexity index is 926. The van der Waals surface area contributed by atoms with Gasteiger partial charge in [0.15, 0.2) is 0 Å². The summed E-state index contributed by atoms with van der Waals surface area (Å²) >= 11 is 0. The van der Waals surface area contributed by atoms with Gasteiger partial charge in [-0.05, 0) is 69.0 Å². The second-order valence-corrected chi connectivity index (χ2v) is 7.97. The average molecular weight is 348 g/mol. The molecule has 0 unspecified atom stereocenters. The number of carbonyl (C=O) groups is 1. The van der Waals surface area contributed by atoms with E-state index in [0.29, 0.717) is 11.6 Å². The second kappa shape index (κ2) is 5.70. The SMILES string of the molecule is COc1ccc(N=C2C(=O)N3c4c2cc(C)cc4[C@@H](C)CC3(C)C)cc1. The van der Waals surface area contributed by atoms with E-state index in [-0.39, 0.29) is 11.4 Å². The Morgan fingerprint density at radius 2 is 1.88 bits per heavy atom. The molecular weight excluding hydrogens is 324 g/mol. The fraction of sp³-hybridized carbons (Fsp3) is 0.364. The zero-order valence-electron chi connectivity index (χ0n) is 16.0. The number of aliphatic imine (C=N–C) groups is 1. The highest BCUT2D eigenvalue weighted by molar-refractivity contribution is 6.55. The highest BCUT2D eigenvalue weighted by atomic mass is 16.5. The molecule has 134 valence electrons. The number of rotatable bonds is 2. The van der Waals surface area contributed by atoms with Crippen LogP contribution in [0.5, 0.6) is 5.75 Å². The predicted octanol–water partition coefficient (Wildman–Crippen LogP) is 4.76. The van der Waals surface area contributed by atoms with Crippen molar-refractivity contribution in [1.29, 1.82) is 0 Å². The van der Waals surface area contributed by atoms with E-state index in [9.17, 15) is 4.79 Å². The second-order valence-electron chi connectivity index (χ2n) is 7.97. The van der Waals surface area contributed by atoms with Crippen molar-refractivity contribution in [1.82, 2.24) is 0 Å². The van der Waals surface area contributed by atoms with E-state index in [1.54, 1.807) is 7.11 Å². The van der Waals surface area contributed by atoms with Crippen molar-refractivity contribution in [3.8, 4) is 5.75 Å². The monoisotopic (exact) mass is 348 g/mol. The quantitative estimate of drug-likeness (QED) is 0.785. The number of methoxy groups -OCH3 is 1. The van der Waals surface area contributed by atoms with Gasteiger partial charge >= 0.3 is 0 Å². The molecule has 0 saturated heterocycles. The van der Waals surface area contributed by atoms with E-state index in [1.807, 2.05) is 29.2 Å². The molecule has 2 aromatic carbocycles. The van der Waals surface area contributed by atoms with E-state index in [1.165, 1.54) is 11.1 Å². The summed E-state index contributed by atoms with van der Waals surface area (Å²) in [5.41, 5.74) is 5.52. The molecule has 1 amide bonds. The minimum absolute atomic E-state index is 0.000400. The molecule has 0 aromatic heterocycles. The van der Waals surface area contributed by atoms with Crippen LogP contribution in [0.25, 0.3) is 0 Å². The number of benzene rings is 2. The van der Waals surface area contributed by atoms with Crippen molar-refractivity contribution in [2.75, 3.05) is 12.0 Å². The molecule has 0 radical (unpaired) electrons. The van der Waals surface area contributed by atoms with Crippen molar-refractivity contribution in [3.63, 3.8) is 0 Å². The van der Waals surface area contributed by atoms with E-state index in [4.69, 9.17) is 9.73 Å². The van der Waals surface area contributed by atoms with Crippen molar-refractivity contribution < 1.29 is 9.53 Å². The molecule has 4 nitrogen and oxygen atoms in total. The number of hydrogen-bond acceptors (Lipinski definition) is 3. The van der Waals surface area contributed by atoms with Gasteiger partial charge in [-0.3, -0.25) is 4.79 Å². The van der Waals surface area contributed by atoms with Crippen molar-refractivity contribution >= 4 is 23.0 Å².